The maximum absolute atomic E-state index is 13.7. The zero-order chi connectivity index (χ0) is 26.2. The van der Waals surface area contributed by atoms with Gasteiger partial charge >= 0.3 is 6.18 Å². The number of H-pyrrole nitrogens is 1. The van der Waals surface area contributed by atoms with E-state index in [1.165, 1.54) is 18.9 Å². The van der Waals surface area contributed by atoms with E-state index in [2.05, 4.69) is 30.8 Å². The lowest BCUT2D eigenvalue weighted by Crippen LogP contribution is -2.41. The molecule has 2 fully saturated rings. The minimum Gasteiger partial charge on any atom is -0.313 e. The molecule has 0 aliphatic carbocycles. The summed E-state index contributed by atoms with van der Waals surface area (Å²) in [5.41, 5.74) is 0.202. The number of primary sulfonamides is 1. The first-order chi connectivity index (χ1) is 17.6. The Labute approximate surface area is 212 Å². The lowest BCUT2D eigenvalue weighted by atomic mass is 9.87. The third-order valence-corrected chi connectivity index (χ3v) is 8.24. The van der Waals surface area contributed by atoms with Crippen molar-refractivity contribution < 1.29 is 21.6 Å². The average Bonchev–Trinajstić information content (AvgIpc) is 3.57. The number of halogens is 3. The van der Waals surface area contributed by atoms with Crippen LogP contribution in [0.2, 0.25) is 0 Å². The Kier molecular flexibility index (Phi) is 7.05. The molecule has 5 rings (SSSR count). The number of piperidine rings is 1. The summed E-state index contributed by atoms with van der Waals surface area (Å²) in [5, 5.41) is 21.7. The normalized spacial score (nSPS) is 19.9. The van der Waals surface area contributed by atoms with Gasteiger partial charge in [0.2, 0.25) is 10.0 Å². The summed E-state index contributed by atoms with van der Waals surface area (Å²) in [7, 11) is -4.79. The molecule has 0 saturated carbocycles. The third-order valence-electron chi connectivity index (χ3n) is 7.25. The first-order valence-corrected chi connectivity index (χ1v) is 13.7. The van der Waals surface area contributed by atoms with Crippen molar-refractivity contribution in [3.63, 3.8) is 0 Å². The zero-order valence-electron chi connectivity index (χ0n) is 20.0. The Morgan fingerprint density at radius 3 is 2.35 bits per heavy atom. The van der Waals surface area contributed by atoms with E-state index in [0.717, 1.165) is 50.7 Å². The molecule has 0 radical (unpaired) electrons. The van der Waals surface area contributed by atoms with Crippen LogP contribution in [0.4, 0.5) is 13.2 Å². The quantitative estimate of drug-likeness (QED) is 0.442. The molecule has 0 amide bonds. The summed E-state index contributed by atoms with van der Waals surface area (Å²) < 4.78 is 66.0. The first kappa shape index (κ1) is 25.8. The van der Waals surface area contributed by atoms with E-state index >= 15 is 0 Å². The van der Waals surface area contributed by atoms with Crippen molar-refractivity contribution >= 4 is 10.0 Å². The van der Waals surface area contributed by atoms with E-state index in [9.17, 15) is 21.6 Å². The Balaban J connectivity index is 1.44. The molecule has 9 nitrogen and oxygen atoms in total. The molecule has 13 heteroatoms. The maximum atomic E-state index is 13.7. The fourth-order valence-electron chi connectivity index (χ4n) is 5.45. The van der Waals surface area contributed by atoms with Gasteiger partial charge in [0.25, 0.3) is 0 Å². The van der Waals surface area contributed by atoms with Crippen LogP contribution in [0.3, 0.4) is 0 Å². The highest BCUT2D eigenvalue weighted by Gasteiger charge is 2.39. The van der Waals surface area contributed by atoms with Gasteiger partial charge in [-0.3, -0.25) is 0 Å². The summed E-state index contributed by atoms with van der Waals surface area (Å²) in [6.45, 7) is 4.21. The molecule has 0 bridgehead atoms. The van der Waals surface area contributed by atoms with Gasteiger partial charge in [-0.15, -0.1) is 5.10 Å². The first-order valence-electron chi connectivity index (χ1n) is 12.2. The number of aromatic amines is 1. The van der Waals surface area contributed by atoms with Crippen LogP contribution in [0, 0.1) is 0 Å². The number of nitrogens with zero attached hydrogens (tertiary/aromatic N) is 4. The van der Waals surface area contributed by atoms with Gasteiger partial charge in [-0.05, 0) is 84.4 Å². The zero-order valence-corrected chi connectivity index (χ0v) is 20.8. The minimum absolute atomic E-state index is 0.223. The highest BCUT2D eigenvalue weighted by Crippen LogP contribution is 2.43. The van der Waals surface area contributed by atoms with Crippen molar-refractivity contribution in [2.75, 3.05) is 26.2 Å². The Hall–Kier alpha value is -2.87. The third kappa shape index (κ3) is 5.54. The number of benzene rings is 2. The van der Waals surface area contributed by atoms with E-state index in [1.807, 2.05) is 12.1 Å². The van der Waals surface area contributed by atoms with Gasteiger partial charge in [-0.1, -0.05) is 30.3 Å². The molecule has 1 aromatic heterocycles. The molecule has 1 unspecified atom stereocenters. The molecule has 0 spiro atoms. The lowest BCUT2D eigenvalue weighted by molar-refractivity contribution is -0.139. The number of nitrogens with two attached hydrogens (primary N) is 1. The Bertz CT molecular complexity index is 1330. The topological polar surface area (TPSA) is 130 Å². The summed E-state index contributed by atoms with van der Waals surface area (Å²) in [4.78, 5) is 1.44. The monoisotopic (exact) mass is 535 g/mol. The van der Waals surface area contributed by atoms with E-state index < -0.39 is 26.7 Å². The lowest BCUT2D eigenvalue weighted by Gasteiger charge is -2.33. The maximum Gasteiger partial charge on any atom is 0.417 e. The molecule has 3 aromatic rings. The smallest absolute Gasteiger partial charge is 0.313 e. The van der Waals surface area contributed by atoms with Crippen LogP contribution < -0.4 is 10.5 Å². The number of hydrogen-bond acceptors (Lipinski definition) is 7. The van der Waals surface area contributed by atoms with Crippen LogP contribution in [0.25, 0.3) is 22.5 Å². The van der Waals surface area contributed by atoms with Crippen LogP contribution in [-0.4, -0.2) is 66.2 Å². The van der Waals surface area contributed by atoms with Crippen LogP contribution in [0.5, 0.6) is 0 Å². The molecule has 198 valence electrons. The Morgan fingerprint density at radius 2 is 1.78 bits per heavy atom. The number of sulfonamides is 1. The van der Waals surface area contributed by atoms with Crippen molar-refractivity contribution in [3.8, 4) is 22.5 Å². The summed E-state index contributed by atoms with van der Waals surface area (Å²) in [6.07, 6.45) is -0.437. The SMILES string of the molecule is NS(=O)(=O)c1c(C(F)(F)F)ccc(-c2ccc(C3CCN(CC4CCCN4)CC3)cc2)c1-c1nnn[nH]1. The van der Waals surface area contributed by atoms with Crippen molar-refractivity contribution in [1.82, 2.24) is 30.8 Å². The highest BCUT2D eigenvalue weighted by molar-refractivity contribution is 7.89. The van der Waals surface area contributed by atoms with Crippen LogP contribution in [0.15, 0.2) is 41.3 Å². The number of rotatable bonds is 6. The van der Waals surface area contributed by atoms with E-state index in [0.29, 0.717) is 17.5 Å². The van der Waals surface area contributed by atoms with Crippen LogP contribution in [0.1, 0.15) is 42.7 Å². The highest BCUT2D eigenvalue weighted by atomic mass is 32.2. The average molecular weight is 536 g/mol. The number of aromatic nitrogens is 4. The van der Waals surface area contributed by atoms with E-state index in [1.54, 1.807) is 12.1 Å². The van der Waals surface area contributed by atoms with Gasteiger partial charge in [0.15, 0.2) is 5.82 Å². The van der Waals surface area contributed by atoms with E-state index in [4.69, 9.17) is 5.14 Å². The number of likely N-dealkylation sites (tertiary alicyclic amines) is 1. The Morgan fingerprint density at radius 1 is 1.05 bits per heavy atom. The van der Waals surface area contributed by atoms with E-state index in [-0.39, 0.29) is 17.0 Å². The van der Waals surface area contributed by atoms with Gasteiger partial charge in [0.05, 0.1) is 5.56 Å². The van der Waals surface area contributed by atoms with Gasteiger partial charge in [0.1, 0.15) is 4.90 Å². The second-order valence-corrected chi connectivity index (χ2v) is 11.1. The molecule has 2 aromatic carbocycles. The molecule has 2 aliphatic heterocycles. The molecule has 37 heavy (non-hydrogen) atoms. The van der Waals surface area contributed by atoms with Crippen molar-refractivity contribution in [2.24, 2.45) is 5.14 Å². The molecular formula is C24H28F3N7O2S. The van der Waals surface area contributed by atoms with Crippen molar-refractivity contribution in [2.45, 2.75) is 48.7 Å². The van der Waals surface area contributed by atoms with Crippen molar-refractivity contribution in [1.29, 1.82) is 0 Å². The van der Waals surface area contributed by atoms with Gasteiger partial charge in [-0.2, -0.15) is 13.2 Å². The molecule has 2 saturated heterocycles. The van der Waals surface area contributed by atoms with Gasteiger partial charge in [-0.25, -0.2) is 18.7 Å². The van der Waals surface area contributed by atoms with Crippen LogP contribution in [-0.2, 0) is 16.2 Å². The second kappa shape index (κ2) is 10.1. The number of nitrogens with one attached hydrogen (secondary N) is 2. The largest absolute Gasteiger partial charge is 0.417 e. The fourth-order valence-corrected chi connectivity index (χ4v) is 6.43. The molecule has 1 atom stereocenters. The summed E-state index contributed by atoms with van der Waals surface area (Å²) >= 11 is 0. The fraction of sp³-hybridized carbons (Fsp3) is 0.458. The number of tetrazole rings is 1. The number of hydrogen-bond donors (Lipinski definition) is 3. The molecule has 2 aliphatic rings. The predicted molar refractivity (Wildman–Crippen MR) is 131 cm³/mol. The minimum atomic E-state index is -4.95. The molecule has 3 heterocycles. The standard InChI is InChI=1S/C24H28F3N7O2S/c25-24(26,27)20-8-7-19(21(22(20)37(28,35)36)23-30-32-33-31-23)17-5-3-15(4-6-17)16-9-12-34(13-10-16)14-18-2-1-11-29-18/h3-8,16,18,29H,1-2,9-14H2,(H2,28,35,36)(H,30,31,32,33). The van der Waals surface area contributed by atoms with Gasteiger partial charge in [0, 0.05) is 18.2 Å². The predicted octanol–water partition coefficient (Wildman–Crippen LogP) is 3.13. The van der Waals surface area contributed by atoms with Gasteiger partial charge < -0.3 is 10.2 Å². The summed E-state index contributed by atoms with van der Waals surface area (Å²) in [6, 6.07) is 10.00. The second-order valence-electron chi connectivity index (χ2n) is 9.65. The number of alkyl halides is 3. The molecular weight excluding hydrogens is 507 g/mol. The van der Waals surface area contributed by atoms with Crippen molar-refractivity contribution in [3.05, 3.63) is 47.5 Å². The van der Waals surface area contributed by atoms with Crippen LogP contribution >= 0.6 is 0 Å². The molecule has 4 N–H and O–H groups in total. The summed E-state index contributed by atoms with van der Waals surface area (Å²) in [5.74, 6) is 0.158.